The van der Waals surface area contributed by atoms with Gasteiger partial charge in [0, 0.05) is 0 Å². The van der Waals surface area contributed by atoms with E-state index in [4.69, 9.17) is 9.79 Å². The summed E-state index contributed by atoms with van der Waals surface area (Å²) in [4.78, 5) is 19.0. The van der Waals surface area contributed by atoms with Crippen LogP contribution in [-0.2, 0) is 9.09 Å². The smallest absolute Gasteiger partial charge is 0.309 e. The predicted octanol–water partition coefficient (Wildman–Crippen LogP) is 9.27. The molecule has 0 heterocycles. The molecule has 0 aromatic rings. The van der Waals surface area contributed by atoms with Gasteiger partial charge in [-0.2, -0.15) is 0 Å². The average molecular weight is 508 g/mol. The second kappa shape index (κ2) is 29.3. The van der Waals surface area contributed by atoms with Crippen LogP contribution in [0.4, 0.5) is 0 Å². The SMILES string of the molecule is CCCCCCCCCCCCCCCCCCN(C)C.CCCCCCCCOP(=O)(O)O. The number of phosphoric acid groups is 1. The lowest BCUT2D eigenvalue weighted by Gasteiger charge is -2.08. The Bertz CT molecular complexity index is 415. The Morgan fingerprint density at radius 1 is 0.529 bits per heavy atom. The first-order chi connectivity index (χ1) is 16.3. The molecule has 0 aliphatic heterocycles. The molecule has 34 heavy (non-hydrogen) atoms. The maximum Gasteiger partial charge on any atom is 0.469 e. The number of hydrogen-bond donors (Lipinski definition) is 2. The quantitative estimate of drug-likeness (QED) is 0.0951. The third kappa shape index (κ3) is 39.3. The number of nitrogens with zero attached hydrogens (tertiary/aromatic N) is 1. The molecule has 0 aliphatic rings. The van der Waals surface area contributed by atoms with Crippen molar-refractivity contribution >= 4 is 7.82 Å². The maximum absolute atomic E-state index is 10.2. The van der Waals surface area contributed by atoms with E-state index in [1.165, 1.54) is 129 Å². The first kappa shape index (κ1) is 36.2. The second-order valence-corrected chi connectivity index (χ2v) is 11.4. The summed E-state index contributed by atoms with van der Waals surface area (Å²) in [6, 6.07) is 0. The van der Waals surface area contributed by atoms with Crippen LogP contribution >= 0.6 is 7.82 Å². The molecule has 2 N–H and O–H groups in total. The summed E-state index contributed by atoms with van der Waals surface area (Å²) in [6.45, 7) is 5.87. The minimum atomic E-state index is -4.23. The van der Waals surface area contributed by atoms with E-state index in [0.717, 1.165) is 19.3 Å². The highest BCUT2D eigenvalue weighted by Gasteiger charge is 2.12. The lowest BCUT2D eigenvalue weighted by molar-refractivity contribution is 0.193. The van der Waals surface area contributed by atoms with Crippen molar-refractivity contribution in [2.24, 2.45) is 0 Å². The normalized spacial score (nSPS) is 11.6. The summed E-state index contributed by atoms with van der Waals surface area (Å²) in [5.41, 5.74) is 0. The topological polar surface area (TPSA) is 70.0 Å². The van der Waals surface area contributed by atoms with Crippen LogP contribution in [0.1, 0.15) is 155 Å². The van der Waals surface area contributed by atoms with Gasteiger partial charge < -0.3 is 14.7 Å². The van der Waals surface area contributed by atoms with E-state index in [-0.39, 0.29) is 6.61 Å². The first-order valence-electron chi connectivity index (χ1n) is 14.7. The van der Waals surface area contributed by atoms with Gasteiger partial charge in [-0.25, -0.2) is 4.57 Å². The summed E-state index contributed by atoms with van der Waals surface area (Å²) >= 11 is 0. The summed E-state index contributed by atoms with van der Waals surface area (Å²) in [7, 11) is 0.117. The van der Waals surface area contributed by atoms with Crippen LogP contribution in [-0.4, -0.2) is 41.9 Å². The van der Waals surface area contributed by atoms with Crippen molar-refractivity contribution in [3.63, 3.8) is 0 Å². The molecule has 0 saturated heterocycles. The Kier molecular flexibility index (Phi) is 31.2. The molecule has 0 unspecified atom stereocenters. The van der Waals surface area contributed by atoms with E-state index < -0.39 is 7.82 Å². The molecule has 208 valence electrons. The van der Waals surface area contributed by atoms with Crippen LogP contribution in [0.3, 0.4) is 0 Å². The molecule has 0 radical (unpaired) electrons. The van der Waals surface area contributed by atoms with Crippen molar-refractivity contribution in [1.29, 1.82) is 0 Å². The predicted molar refractivity (Wildman–Crippen MR) is 149 cm³/mol. The van der Waals surface area contributed by atoms with E-state index >= 15 is 0 Å². The van der Waals surface area contributed by atoms with Crippen molar-refractivity contribution in [3.8, 4) is 0 Å². The molecule has 6 heteroatoms. The highest BCUT2D eigenvalue weighted by molar-refractivity contribution is 7.46. The zero-order valence-corrected chi connectivity index (χ0v) is 24.5. The fraction of sp³-hybridized carbons (Fsp3) is 1.00. The molecule has 0 fully saturated rings. The number of phosphoric ester groups is 1. The maximum atomic E-state index is 10.2. The molecule has 0 atom stereocenters. The minimum Gasteiger partial charge on any atom is -0.309 e. The second-order valence-electron chi connectivity index (χ2n) is 10.2. The average Bonchev–Trinajstić information content (AvgIpc) is 2.78. The van der Waals surface area contributed by atoms with Crippen molar-refractivity contribution in [2.45, 2.75) is 155 Å². The molecule has 0 spiro atoms. The zero-order valence-electron chi connectivity index (χ0n) is 23.6. The van der Waals surface area contributed by atoms with Gasteiger partial charge in [0.15, 0.2) is 0 Å². The van der Waals surface area contributed by atoms with Crippen LogP contribution in [0.15, 0.2) is 0 Å². The van der Waals surface area contributed by atoms with E-state index in [9.17, 15) is 4.57 Å². The van der Waals surface area contributed by atoms with Crippen LogP contribution in [0, 0.1) is 0 Å². The Labute approximate surface area is 214 Å². The lowest BCUT2D eigenvalue weighted by atomic mass is 10.0. The van der Waals surface area contributed by atoms with Gasteiger partial charge in [0.25, 0.3) is 0 Å². The molecule has 0 rings (SSSR count). The van der Waals surface area contributed by atoms with E-state index in [2.05, 4.69) is 37.4 Å². The van der Waals surface area contributed by atoms with Gasteiger partial charge in [0.1, 0.15) is 0 Å². The van der Waals surface area contributed by atoms with Crippen molar-refractivity contribution in [2.75, 3.05) is 27.2 Å². The summed E-state index contributed by atoms with van der Waals surface area (Å²) in [5, 5.41) is 0. The molecular formula is C28H62NO4P. The molecular weight excluding hydrogens is 445 g/mol. The molecule has 0 aromatic heterocycles. The molecule has 0 bridgehead atoms. The highest BCUT2D eigenvalue weighted by Crippen LogP contribution is 2.35. The van der Waals surface area contributed by atoms with Gasteiger partial charge in [-0.05, 0) is 33.5 Å². The summed E-state index contributed by atoms with van der Waals surface area (Å²) < 4.78 is 14.5. The van der Waals surface area contributed by atoms with Crippen LogP contribution in [0.5, 0.6) is 0 Å². The van der Waals surface area contributed by atoms with Gasteiger partial charge in [0.2, 0.25) is 0 Å². The van der Waals surface area contributed by atoms with Crippen LogP contribution in [0.2, 0.25) is 0 Å². The third-order valence-corrected chi connectivity index (χ3v) is 6.74. The van der Waals surface area contributed by atoms with Gasteiger partial charge >= 0.3 is 7.82 Å². The summed E-state index contributed by atoms with van der Waals surface area (Å²) in [5.74, 6) is 0. The van der Waals surface area contributed by atoms with Crippen molar-refractivity contribution in [1.82, 2.24) is 4.90 Å². The van der Waals surface area contributed by atoms with Crippen molar-refractivity contribution in [3.05, 3.63) is 0 Å². The Morgan fingerprint density at radius 3 is 1.12 bits per heavy atom. The minimum absolute atomic E-state index is 0.163. The Morgan fingerprint density at radius 2 is 0.824 bits per heavy atom. The first-order valence-corrected chi connectivity index (χ1v) is 16.2. The van der Waals surface area contributed by atoms with Gasteiger partial charge in [-0.3, -0.25) is 4.52 Å². The largest absolute Gasteiger partial charge is 0.469 e. The van der Waals surface area contributed by atoms with Crippen LogP contribution in [0.25, 0.3) is 0 Å². The molecule has 0 saturated carbocycles. The zero-order chi connectivity index (χ0) is 25.8. The molecule has 0 aliphatic carbocycles. The Hall–Kier alpha value is 0.0700. The summed E-state index contributed by atoms with van der Waals surface area (Å²) in [6.07, 6.45) is 29.8. The number of hydrogen-bond acceptors (Lipinski definition) is 3. The number of rotatable bonds is 25. The van der Waals surface area contributed by atoms with E-state index in [0.29, 0.717) is 0 Å². The van der Waals surface area contributed by atoms with E-state index in [1.54, 1.807) is 0 Å². The molecule has 0 amide bonds. The standard InChI is InChI=1S/C20H43N.C8H19O4P/c1-4-5-6-7-8-9-10-11-12-13-14-15-16-17-18-19-20-21(2)3;1-2-3-4-5-6-7-8-12-13(9,10)11/h4-20H2,1-3H3;2-8H2,1H3,(H2,9,10,11). The fourth-order valence-electron chi connectivity index (χ4n) is 4.04. The molecule has 0 aromatic carbocycles. The van der Waals surface area contributed by atoms with Crippen molar-refractivity contribution < 1.29 is 18.9 Å². The van der Waals surface area contributed by atoms with Gasteiger partial charge in [-0.15, -0.1) is 0 Å². The molecule has 5 nitrogen and oxygen atoms in total. The Balaban J connectivity index is 0. The van der Waals surface area contributed by atoms with Crippen LogP contribution < -0.4 is 0 Å². The van der Waals surface area contributed by atoms with Gasteiger partial charge in [0.05, 0.1) is 6.61 Å². The van der Waals surface area contributed by atoms with Gasteiger partial charge in [-0.1, -0.05) is 142 Å². The fourth-order valence-corrected chi connectivity index (χ4v) is 4.41. The monoisotopic (exact) mass is 507 g/mol. The highest BCUT2D eigenvalue weighted by atomic mass is 31.2. The third-order valence-electron chi connectivity index (χ3n) is 6.22. The lowest BCUT2D eigenvalue weighted by Crippen LogP contribution is -2.12. The van der Waals surface area contributed by atoms with E-state index in [1.807, 2.05) is 0 Å². The number of unbranched alkanes of at least 4 members (excludes halogenated alkanes) is 20.